The van der Waals surface area contributed by atoms with Crippen molar-refractivity contribution in [2.45, 2.75) is 27.0 Å². The third-order valence-electron chi connectivity index (χ3n) is 2.65. The van der Waals surface area contributed by atoms with Gasteiger partial charge in [-0.15, -0.1) is 11.3 Å². The van der Waals surface area contributed by atoms with E-state index in [1.165, 1.54) is 12.1 Å². The van der Waals surface area contributed by atoms with Gasteiger partial charge in [-0.05, 0) is 24.6 Å². The van der Waals surface area contributed by atoms with Crippen molar-refractivity contribution in [3.63, 3.8) is 0 Å². The Balaban J connectivity index is 1.85. The quantitative estimate of drug-likeness (QED) is 0.783. The number of rotatable bonds is 7. The van der Waals surface area contributed by atoms with Crippen molar-refractivity contribution >= 4 is 27.3 Å². The Labute approximate surface area is 136 Å². The van der Waals surface area contributed by atoms with Gasteiger partial charge in [-0.3, -0.25) is 0 Å². The van der Waals surface area contributed by atoms with Gasteiger partial charge in [-0.1, -0.05) is 29.8 Å². The number of hydrogen-bond donors (Lipinski definition) is 1. The Bertz CT molecular complexity index is 569. The van der Waals surface area contributed by atoms with Crippen LogP contribution in [0.5, 0.6) is 5.75 Å². The van der Waals surface area contributed by atoms with Crippen LogP contribution in [0.4, 0.5) is 4.39 Å². The van der Waals surface area contributed by atoms with Crippen molar-refractivity contribution < 1.29 is 9.13 Å². The van der Waals surface area contributed by atoms with Gasteiger partial charge in [0.2, 0.25) is 0 Å². The van der Waals surface area contributed by atoms with Gasteiger partial charge < -0.3 is 10.1 Å². The predicted octanol–water partition coefficient (Wildman–Crippen LogP) is 4.37. The Morgan fingerprint density at radius 1 is 1.38 bits per heavy atom. The first-order valence-electron chi connectivity index (χ1n) is 6.76. The standard InChI is InChI=1S/C15H18BrFN2OS/c1-10(2)6-18-7-15-19-13(9-21-15)8-20-14-4-11(16)3-12(17)5-14/h3-5,9-10,18H,6-8H2,1-2H3. The highest BCUT2D eigenvalue weighted by Gasteiger charge is 2.05. The minimum absolute atomic E-state index is 0.323. The summed E-state index contributed by atoms with van der Waals surface area (Å²) >= 11 is 4.85. The molecule has 1 aromatic carbocycles. The highest BCUT2D eigenvalue weighted by atomic mass is 79.9. The van der Waals surface area contributed by atoms with Gasteiger partial charge in [-0.2, -0.15) is 0 Å². The first-order valence-corrected chi connectivity index (χ1v) is 8.43. The Morgan fingerprint density at radius 2 is 2.19 bits per heavy atom. The van der Waals surface area contributed by atoms with Crippen molar-refractivity contribution in [1.29, 1.82) is 0 Å². The minimum Gasteiger partial charge on any atom is -0.487 e. The zero-order valence-corrected chi connectivity index (χ0v) is 14.4. The van der Waals surface area contributed by atoms with Gasteiger partial charge in [0, 0.05) is 22.5 Å². The first kappa shape index (κ1) is 16.4. The molecule has 6 heteroatoms. The van der Waals surface area contributed by atoms with Crippen molar-refractivity contribution in [1.82, 2.24) is 10.3 Å². The summed E-state index contributed by atoms with van der Waals surface area (Å²) < 4.78 is 19.5. The van der Waals surface area contributed by atoms with Crippen molar-refractivity contribution in [3.8, 4) is 5.75 Å². The Morgan fingerprint density at radius 3 is 2.90 bits per heavy atom. The summed E-state index contributed by atoms with van der Waals surface area (Å²) in [4.78, 5) is 4.49. The molecule has 2 rings (SSSR count). The monoisotopic (exact) mass is 372 g/mol. The SMILES string of the molecule is CC(C)CNCc1nc(COc2cc(F)cc(Br)c2)cs1. The van der Waals surface area contributed by atoms with Crippen LogP contribution in [0.15, 0.2) is 28.1 Å². The van der Waals surface area contributed by atoms with Gasteiger partial charge in [0.25, 0.3) is 0 Å². The number of halogens is 2. The normalized spacial score (nSPS) is 11.1. The average Bonchev–Trinajstić information content (AvgIpc) is 2.83. The lowest BCUT2D eigenvalue weighted by atomic mass is 10.2. The van der Waals surface area contributed by atoms with E-state index in [0.29, 0.717) is 22.7 Å². The molecule has 0 atom stereocenters. The van der Waals surface area contributed by atoms with Crippen LogP contribution in [0.25, 0.3) is 0 Å². The van der Waals surface area contributed by atoms with Crippen LogP contribution in [0, 0.1) is 11.7 Å². The van der Waals surface area contributed by atoms with Crippen LogP contribution in [-0.4, -0.2) is 11.5 Å². The number of nitrogens with one attached hydrogen (secondary N) is 1. The molecule has 0 saturated carbocycles. The molecule has 0 saturated heterocycles. The molecule has 0 amide bonds. The molecule has 1 aromatic heterocycles. The number of aromatic nitrogens is 1. The molecule has 1 heterocycles. The van der Waals surface area contributed by atoms with E-state index in [-0.39, 0.29) is 5.82 Å². The Hall–Kier alpha value is -0.980. The first-order chi connectivity index (χ1) is 10.0. The molecule has 1 N–H and O–H groups in total. The zero-order chi connectivity index (χ0) is 15.2. The summed E-state index contributed by atoms with van der Waals surface area (Å²) in [6.07, 6.45) is 0. The van der Waals surface area contributed by atoms with Crippen LogP contribution in [-0.2, 0) is 13.2 Å². The number of thiazole rings is 1. The Kier molecular flexibility index (Phi) is 6.14. The molecule has 0 radical (unpaired) electrons. The summed E-state index contributed by atoms with van der Waals surface area (Å²) in [7, 11) is 0. The zero-order valence-electron chi connectivity index (χ0n) is 12.0. The van der Waals surface area contributed by atoms with E-state index in [0.717, 1.165) is 23.8 Å². The number of benzene rings is 1. The fraction of sp³-hybridized carbons (Fsp3) is 0.400. The fourth-order valence-electron chi connectivity index (χ4n) is 1.73. The third-order valence-corrected chi connectivity index (χ3v) is 4.01. The lowest BCUT2D eigenvalue weighted by Crippen LogP contribution is -2.18. The summed E-state index contributed by atoms with van der Waals surface area (Å²) in [6, 6.07) is 4.50. The van der Waals surface area contributed by atoms with Crippen molar-refractivity contribution in [2.24, 2.45) is 5.92 Å². The van der Waals surface area contributed by atoms with E-state index in [9.17, 15) is 4.39 Å². The molecule has 3 nitrogen and oxygen atoms in total. The molecule has 114 valence electrons. The molecule has 0 aliphatic carbocycles. The second-order valence-corrected chi connectivity index (χ2v) is 7.01. The largest absolute Gasteiger partial charge is 0.487 e. The molecule has 0 fully saturated rings. The molecule has 2 aromatic rings. The van der Waals surface area contributed by atoms with E-state index in [1.807, 2.05) is 5.38 Å². The molecule has 0 aliphatic heterocycles. The molecule has 0 unspecified atom stereocenters. The fourth-order valence-corrected chi connectivity index (χ4v) is 2.93. The van der Waals surface area contributed by atoms with Gasteiger partial charge in [0.15, 0.2) is 0 Å². The van der Waals surface area contributed by atoms with Crippen LogP contribution in [0.1, 0.15) is 24.5 Å². The number of nitrogens with zero attached hydrogens (tertiary/aromatic N) is 1. The minimum atomic E-state index is -0.323. The molecule has 0 bridgehead atoms. The van der Waals surface area contributed by atoms with Crippen molar-refractivity contribution in [3.05, 3.63) is 44.6 Å². The van der Waals surface area contributed by atoms with E-state index < -0.39 is 0 Å². The summed E-state index contributed by atoms with van der Waals surface area (Å²) in [5, 5.41) is 6.36. The molecular weight excluding hydrogens is 355 g/mol. The summed E-state index contributed by atoms with van der Waals surface area (Å²) in [5.74, 6) is 0.796. The maximum atomic E-state index is 13.2. The van der Waals surface area contributed by atoms with Gasteiger partial charge in [-0.25, -0.2) is 9.37 Å². The molecular formula is C15H18BrFN2OS. The van der Waals surface area contributed by atoms with E-state index >= 15 is 0 Å². The average molecular weight is 373 g/mol. The second-order valence-electron chi connectivity index (χ2n) is 5.15. The van der Waals surface area contributed by atoms with E-state index in [4.69, 9.17) is 4.74 Å². The van der Waals surface area contributed by atoms with Crippen LogP contribution < -0.4 is 10.1 Å². The maximum Gasteiger partial charge on any atom is 0.131 e. The smallest absolute Gasteiger partial charge is 0.131 e. The lowest BCUT2D eigenvalue weighted by molar-refractivity contribution is 0.300. The lowest BCUT2D eigenvalue weighted by Gasteiger charge is -2.05. The van der Waals surface area contributed by atoms with Crippen LogP contribution >= 0.6 is 27.3 Å². The van der Waals surface area contributed by atoms with Gasteiger partial charge in [0.1, 0.15) is 23.2 Å². The number of ether oxygens (including phenoxy) is 1. The van der Waals surface area contributed by atoms with Gasteiger partial charge >= 0.3 is 0 Å². The molecule has 21 heavy (non-hydrogen) atoms. The highest BCUT2D eigenvalue weighted by Crippen LogP contribution is 2.21. The second kappa shape index (κ2) is 7.87. The van der Waals surface area contributed by atoms with Crippen molar-refractivity contribution in [2.75, 3.05) is 6.54 Å². The third kappa shape index (κ3) is 5.73. The van der Waals surface area contributed by atoms with Crippen LogP contribution in [0.3, 0.4) is 0 Å². The summed E-state index contributed by atoms with van der Waals surface area (Å²) in [5.41, 5.74) is 0.863. The highest BCUT2D eigenvalue weighted by molar-refractivity contribution is 9.10. The predicted molar refractivity (Wildman–Crippen MR) is 87.1 cm³/mol. The van der Waals surface area contributed by atoms with Gasteiger partial charge in [0.05, 0.1) is 5.69 Å². The topological polar surface area (TPSA) is 34.2 Å². The molecule has 0 aliphatic rings. The van der Waals surface area contributed by atoms with E-state index in [1.54, 1.807) is 17.4 Å². The summed E-state index contributed by atoms with van der Waals surface area (Å²) in [6.45, 7) is 6.43. The number of hydrogen-bond acceptors (Lipinski definition) is 4. The van der Waals surface area contributed by atoms with E-state index in [2.05, 4.69) is 40.1 Å². The molecule has 0 spiro atoms. The van der Waals surface area contributed by atoms with Crippen LogP contribution in [0.2, 0.25) is 0 Å². The maximum absolute atomic E-state index is 13.2.